The molecule has 0 bridgehead atoms. The van der Waals surface area contributed by atoms with Gasteiger partial charge in [0.05, 0.1) is 4.90 Å². The van der Waals surface area contributed by atoms with Gasteiger partial charge in [-0.2, -0.15) is 0 Å². The van der Waals surface area contributed by atoms with Gasteiger partial charge >= 0.3 is 0 Å². The second-order valence-corrected chi connectivity index (χ2v) is 8.30. The Bertz CT molecular complexity index is 776. The van der Waals surface area contributed by atoms with Crippen LogP contribution in [0.25, 0.3) is 11.1 Å². The average Bonchev–Trinajstić information content (AvgIpc) is 2.53. The van der Waals surface area contributed by atoms with Crippen molar-refractivity contribution in [3.63, 3.8) is 0 Å². The molecular formula is C20H26O2S. The lowest BCUT2D eigenvalue weighted by molar-refractivity contribution is 0.602. The number of hydrogen-bond acceptors (Lipinski definition) is 2. The summed E-state index contributed by atoms with van der Waals surface area (Å²) in [4.78, 5) is 0.378. The van der Waals surface area contributed by atoms with Crippen LogP contribution in [0.2, 0.25) is 0 Å². The predicted molar refractivity (Wildman–Crippen MR) is 97.7 cm³/mol. The van der Waals surface area contributed by atoms with Crippen LogP contribution in [0, 0.1) is 0 Å². The zero-order valence-corrected chi connectivity index (χ0v) is 15.3. The zero-order valence-electron chi connectivity index (χ0n) is 14.5. The molecule has 0 heterocycles. The van der Waals surface area contributed by atoms with Crippen LogP contribution in [0.5, 0.6) is 0 Å². The first-order chi connectivity index (χ1) is 10.9. The van der Waals surface area contributed by atoms with Crippen molar-refractivity contribution >= 4 is 9.84 Å². The second-order valence-electron chi connectivity index (χ2n) is 6.28. The van der Waals surface area contributed by atoms with Gasteiger partial charge < -0.3 is 0 Å². The van der Waals surface area contributed by atoms with Gasteiger partial charge in [0.25, 0.3) is 0 Å². The van der Waals surface area contributed by atoms with Gasteiger partial charge in [0.15, 0.2) is 9.84 Å². The van der Waals surface area contributed by atoms with Crippen molar-refractivity contribution < 1.29 is 8.42 Å². The van der Waals surface area contributed by atoms with E-state index in [0.29, 0.717) is 10.8 Å². The van der Waals surface area contributed by atoms with E-state index in [2.05, 4.69) is 39.0 Å². The van der Waals surface area contributed by atoms with Crippen LogP contribution in [0.4, 0.5) is 0 Å². The molecule has 1 unspecified atom stereocenters. The van der Waals surface area contributed by atoms with Gasteiger partial charge in [-0.05, 0) is 53.1 Å². The Labute approximate surface area is 140 Å². The van der Waals surface area contributed by atoms with Gasteiger partial charge in [-0.1, -0.05) is 57.5 Å². The minimum atomic E-state index is -3.19. The lowest BCUT2D eigenvalue weighted by atomic mass is 9.88. The third-order valence-electron chi connectivity index (χ3n) is 4.37. The molecule has 0 aliphatic heterocycles. The maximum absolute atomic E-state index is 11.8. The Hall–Kier alpha value is -1.61. The number of rotatable bonds is 6. The monoisotopic (exact) mass is 330 g/mol. The minimum absolute atomic E-state index is 0.378. The summed E-state index contributed by atoms with van der Waals surface area (Å²) in [6.07, 6.45) is 4.52. The average molecular weight is 330 g/mol. The Morgan fingerprint density at radius 3 is 2.39 bits per heavy atom. The molecule has 0 N–H and O–H groups in total. The van der Waals surface area contributed by atoms with Crippen molar-refractivity contribution in [2.24, 2.45) is 0 Å². The molecule has 124 valence electrons. The van der Waals surface area contributed by atoms with E-state index < -0.39 is 9.84 Å². The van der Waals surface area contributed by atoms with Gasteiger partial charge in [0, 0.05) is 6.26 Å². The third kappa shape index (κ3) is 4.23. The fourth-order valence-corrected chi connectivity index (χ4v) is 3.51. The van der Waals surface area contributed by atoms with Gasteiger partial charge in [0.1, 0.15) is 0 Å². The van der Waals surface area contributed by atoms with Crippen LogP contribution < -0.4 is 0 Å². The van der Waals surface area contributed by atoms with Crippen molar-refractivity contribution in [3.8, 4) is 11.1 Å². The van der Waals surface area contributed by atoms with E-state index in [4.69, 9.17) is 0 Å². The highest BCUT2D eigenvalue weighted by Crippen LogP contribution is 2.33. The van der Waals surface area contributed by atoms with E-state index in [1.807, 2.05) is 12.1 Å². The molecule has 2 aromatic carbocycles. The van der Waals surface area contributed by atoms with E-state index in [1.165, 1.54) is 17.4 Å². The SMILES string of the molecule is CCCc1ccc(-c2cccc(S(C)(=O)=O)c2)c(C(C)CC)c1. The fraction of sp³-hybridized carbons (Fsp3) is 0.400. The normalized spacial score (nSPS) is 13.0. The van der Waals surface area contributed by atoms with Crippen LogP contribution in [0.15, 0.2) is 47.4 Å². The van der Waals surface area contributed by atoms with Crippen LogP contribution in [-0.2, 0) is 16.3 Å². The third-order valence-corrected chi connectivity index (χ3v) is 5.48. The minimum Gasteiger partial charge on any atom is -0.224 e. The smallest absolute Gasteiger partial charge is 0.175 e. The molecule has 2 rings (SSSR count). The van der Waals surface area contributed by atoms with Crippen molar-refractivity contribution in [1.29, 1.82) is 0 Å². The predicted octanol–water partition coefficient (Wildman–Crippen LogP) is 5.22. The lowest BCUT2D eigenvalue weighted by Gasteiger charge is -2.17. The largest absolute Gasteiger partial charge is 0.224 e. The molecule has 0 aromatic heterocycles. The summed E-state index contributed by atoms with van der Waals surface area (Å²) in [5.41, 5.74) is 4.78. The zero-order chi connectivity index (χ0) is 17.0. The van der Waals surface area contributed by atoms with Crippen molar-refractivity contribution in [2.45, 2.75) is 50.8 Å². The maximum atomic E-state index is 11.8. The van der Waals surface area contributed by atoms with Crippen LogP contribution in [0.1, 0.15) is 50.7 Å². The van der Waals surface area contributed by atoms with Crippen LogP contribution >= 0.6 is 0 Å². The highest BCUT2D eigenvalue weighted by molar-refractivity contribution is 7.90. The fourth-order valence-electron chi connectivity index (χ4n) is 2.84. The van der Waals surface area contributed by atoms with Gasteiger partial charge in [0.2, 0.25) is 0 Å². The van der Waals surface area contributed by atoms with Gasteiger partial charge in [-0.15, -0.1) is 0 Å². The Balaban J connectivity index is 2.58. The molecule has 3 heteroatoms. The number of sulfone groups is 1. The molecule has 0 fully saturated rings. The summed E-state index contributed by atoms with van der Waals surface area (Å²) < 4.78 is 23.7. The Morgan fingerprint density at radius 2 is 1.78 bits per heavy atom. The summed E-state index contributed by atoms with van der Waals surface area (Å²) >= 11 is 0. The standard InChI is InChI=1S/C20H26O2S/c1-5-8-16-11-12-19(20(13-16)15(3)6-2)17-9-7-10-18(14-17)23(4,21)22/h7,9-15H,5-6,8H2,1-4H3. The van der Waals surface area contributed by atoms with Crippen molar-refractivity contribution in [3.05, 3.63) is 53.6 Å². The molecule has 2 aromatic rings. The molecule has 0 aliphatic carbocycles. The van der Waals surface area contributed by atoms with Gasteiger partial charge in [-0.3, -0.25) is 0 Å². The number of hydrogen-bond donors (Lipinski definition) is 0. The van der Waals surface area contributed by atoms with E-state index in [1.54, 1.807) is 12.1 Å². The molecule has 0 saturated carbocycles. The Kier molecular flexibility index (Phi) is 5.64. The lowest BCUT2D eigenvalue weighted by Crippen LogP contribution is -2.00. The summed E-state index contributed by atoms with van der Waals surface area (Å²) in [7, 11) is -3.19. The maximum Gasteiger partial charge on any atom is 0.175 e. The highest BCUT2D eigenvalue weighted by atomic mass is 32.2. The molecule has 0 spiro atoms. The first-order valence-corrected chi connectivity index (χ1v) is 10.2. The molecule has 0 aliphatic rings. The van der Waals surface area contributed by atoms with Crippen LogP contribution in [-0.4, -0.2) is 14.7 Å². The summed E-state index contributed by atoms with van der Waals surface area (Å²) in [6, 6.07) is 13.9. The van der Waals surface area contributed by atoms with E-state index >= 15 is 0 Å². The first-order valence-electron chi connectivity index (χ1n) is 8.30. The molecule has 23 heavy (non-hydrogen) atoms. The van der Waals surface area contributed by atoms with E-state index in [0.717, 1.165) is 30.4 Å². The van der Waals surface area contributed by atoms with Gasteiger partial charge in [-0.25, -0.2) is 8.42 Å². The van der Waals surface area contributed by atoms with E-state index in [9.17, 15) is 8.42 Å². The molecule has 0 radical (unpaired) electrons. The molecular weight excluding hydrogens is 304 g/mol. The molecule has 1 atom stereocenters. The number of benzene rings is 2. The topological polar surface area (TPSA) is 34.1 Å². The molecule has 0 amide bonds. The van der Waals surface area contributed by atoms with Crippen molar-refractivity contribution in [2.75, 3.05) is 6.26 Å². The highest BCUT2D eigenvalue weighted by Gasteiger charge is 2.14. The second kappa shape index (κ2) is 7.31. The molecule has 0 saturated heterocycles. The number of aryl methyl sites for hydroxylation is 1. The van der Waals surface area contributed by atoms with Crippen LogP contribution in [0.3, 0.4) is 0 Å². The van der Waals surface area contributed by atoms with E-state index in [-0.39, 0.29) is 0 Å². The quantitative estimate of drug-likeness (QED) is 0.727. The summed E-state index contributed by atoms with van der Waals surface area (Å²) in [6.45, 7) is 6.61. The molecule has 2 nitrogen and oxygen atoms in total. The van der Waals surface area contributed by atoms with Crippen molar-refractivity contribution in [1.82, 2.24) is 0 Å². The first kappa shape index (κ1) is 17.7. The Morgan fingerprint density at radius 1 is 1.04 bits per heavy atom. The summed E-state index contributed by atoms with van der Waals surface area (Å²) in [5.74, 6) is 0.448. The summed E-state index contributed by atoms with van der Waals surface area (Å²) in [5, 5.41) is 0.